The molecule has 2 aliphatic rings. The fourth-order valence-corrected chi connectivity index (χ4v) is 5.37. The highest BCUT2D eigenvalue weighted by Gasteiger charge is 2.46. The van der Waals surface area contributed by atoms with Crippen molar-refractivity contribution in [3.05, 3.63) is 25.1 Å². The Bertz CT molecular complexity index is 1840. The highest BCUT2D eigenvalue weighted by Crippen LogP contribution is 2.40. The van der Waals surface area contributed by atoms with E-state index in [1.165, 1.54) is 17.2 Å². The molecule has 0 bridgehead atoms. The molecule has 0 radical (unpaired) electrons. The molecule has 4 aromatic rings. The van der Waals surface area contributed by atoms with Crippen molar-refractivity contribution in [3.8, 4) is 0 Å². The van der Waals surface area contributed by atoms with Crippen molar-refractivity contribution >= 4 is 49.6 Å². The fourth-order valence-electron chi connectivity index (χ4n) is 4.69. The van der Waals surface area contributed by atoms with Crippen LogP contribution in [0.1, 0.15) is 12.5 Å². The highest BCUT2D eigenvalue weighted by molar-refractivity contribution is 7.46. The van der Waals surface area contributed by atoms with Crippen molar-refractivity contribution in [2.75, 3.05) is 24.7 Å². The summed E-state index contributed by atoms with van der Waals surface area (Å²) in [5.41, 5.74) is 11.8. The number of halogens is 1. The van der Waals surface area contributed by atoms with Crippen molar-refractivity contribution in [3.63, 3.8) is 0 Å². The average Bonchev–Trinajstić information content (AvgIpc) is 3.73. The Morgan fingerprint density at radius 1 is 0.723 bits per heavy atom. The summed E-state index contributed by atoms with van der Waals surface area (Å²) in [5.74, 6) is -0.0752. The van der Waals surface area contributed by atoms with Gasteiger partial charge in [-0.1, -0.05) is 0 Å². The Morgan fingerprint density at radius 3 is 1.68 bits per heavy atom. The van der Waals surface area contributed by atoms with E-state index in [1.807, 2.05) is 0 Å². The van der Waals surface area contributed by atoms with Crippen LogP contribution in [0.2, 0.25) is 0 Å². The zero-order valence-corrected chi connectivity index (χ0v) is 25.1. The lowest BCUT2D eigenvalue weighted by Gasteiger charge is -2.16. The zero-order valence-electron chi connectivity index (χ0n) is 23.3. The smallest absolute Gasteiger partial charge is 0.387 e. The van der Waals surface area contributed by atoms with E-state index in [1.54, 1.807) is 0 Å². The Balaban J connectivity index is 0.000000185. The summed E-state index contributed by atoms with van der Waals surface area (Å²) in [6, 6.07) is 0. The van der Waals surface area contributed by atoms with Gasteiger partial charge in [0.05, 0.1) is 25.9 Å². The second-order valence-electron chi connectivity index (χ2n) is 9.95. The lowest BCUT2D eigenvalue weighted by atomic mass is 10.1. The molecule has 27 heteroatoms. The number of hydrogen-bond acceptors (Lipinski definition) is 18. The van der Waals surface area contributed by atoms with Gasteiger partial charge in [-0.2, -0.15) is 14.4 Å². The van der Waals surface area contributed by atoms with Gasteiger partial charge in [0, 0.05) is 0 Å². The quantitative estimate of drug-likeness (QED) is 0.0623. The largest absolute Gasteiger partial charge is 0.469 e. The summed E-state index contributed by atoms with van der Waals surface area (Å²) in [5, 5.41) is 40.1. The Morgan fingerprint density at radius 2 is 1.19 bits per heavy atom. The Labute approximate surface area is 259 Å². The third-order valence-corrected chi connectivity index (χ3v) is 7.82. The van der Waals surface area contributed by atoms with Crippen LogP contribution in [0.25, 0.3) is 22.3 Å². The second-order valence-corrected chi connectivity index (χ2v) is 12.4. The first-order valence-corrected chi connectivity index (χ1v) is 16.0. The second kappa shape index (κ2) is 13.3. The molecule has 2 fully saturated rings. The monoisotopic (exact) mass is 712 g/mol. The molecular weight excluding hydrogens is 685 g/mol. The number of ether oxygens (including phenoxy) is 2. The number of aliphatic hydroxyl groups is 4. The van der Waals surface area contributed by atoms with Gasteiger partial charge >= 0.3 is 21.7 Å². The standard InChI is InChI=1S/C10H13FN5O7P.C10H14N5O7P/c11-10-14-7(12)4-8(15-10)16(2-13-4)9-6(18)5(17)3(23-9)1-22-24(19,20)21;11-8-5-9(13-2-12-8)15(3-14-5)10-7(17)6(16)4(22-10)1-21-23(18,19)20/h2-3,5-6,9,17-18H,1H2,(H2,12,14,15)(H2,19,20,21);2-4,6-7,10,16-17H,1H2,(H2,11,12,13)(H2,18,19,20)/t3-,5-,6+,9-;4-,6-,7+,10-/m11/s1. The van der Waals surface area contributed by atoms with Crippen LogP contribution in [-0.2, 0) is 27.7 Å². The molecule has 6 heterocycles. The van der Waals surface area contributed by atoms with Crippen molar-refractivity contribution in [1.29, 1.82) is 0 Å². The molecule has 0 amide bonds. The Kier molecular flexibility index (Phi) is 9.85. The topological polar surface area (TPSA) is 372 Å². The molecule has 0 aromatic carbocycles. The van der Waals surface area contributed by atoms with Crippen LogP contribution in [0, 0.1) is 6.08 Å². The lowest BCUT2D eigenvalue weighted by molar-refractivity contribution is -0.0504. The number of hydrogen-bond donors (Lipinski definition) is 10. The molecule has 24 nitrogen and oxygen atoms in total. The number of anilines is 2. The van der Waals surface area contributed by atoms with E-state index in [-0.39, 0.29) is 28.4 Å². The maximum Gasteiger partial charge on any atom is 0.469 e. The van der Waals surface area contributed by atoms with Crippen LogP contribution >= 0.6 is 15.6 Å². The third-order valence-electron chi connectivity index (χ3n) is 6.84. The van der Waals surface area contributed by atoms with Gasteiger partial charge in [0.25, 0.3) is 0 Å². The number of fused-ring (bicyclic) bond motifs is 2. The molecule has 47 heavy (non-hydrogen) atoms. The summed E-state index contributed by atoms with van der Waals surface area (Å²) >= 11 is 0. The molecule has 2 aliphatic heterocycles. The van der Waals surface area contributed by atoms with Crippen LogP contribution in [0.5, 0.6) is 0 Å². The normalized spacial score (nSPS) is 28.2. The van der Waals surface area contributed by atoms with Gasteiger partial charge in [-0.3, -0.25) is 18.2 Å². The number of nitrogen functional groups attached to an aromatic ring is 2. The molecule has 0 spiro atoms. The molecular formula is C20H27FN10O14P2. The highest BCUT2D eigenvalue weighted by atomic mass is 31.2. The number of aromatic nitrogens is 8. The predicted molar refractivity (Wildman–Crippen MR) is 147 cm³/mol. The van der Waals surface area contributed by atoms with Crippen LogP contribution in [0.15, 0.2) is 19.0 Å². The van der Waals surface area contributed by atoms with Gasteiger partial charge in [-0.15, -0.1) is 0 Å². The van der Waals surface area contributed by atoms with Crippen LogP contribution in [0.4, 0.5) is 16.0 Å². The van der Waals surface area contributed by atoms with Gasteiger partial charge in [0.2, 0.25) is 0 Å². The summed E-state index contributed by atoms with van der Waals surface area (Å²) < 4.78 is 56.6. The van der Waals surface area contributed by atoms with E-state index in [4.69, 9.17) is 40.5 Å². The fraction of sp³-hybridized carbons (Fsp3) is 0.500. The SMILES string of the molecule is Nc1nc(F)nc2c1ncn2[C@@H]1O[C@H](COP(=O)(O)O)[C@@H](O)[C@@H]1O.Nc1ncnc2c1ncn2[C@@H]1O[C@H](COP(=O)(O)O)[C@@H](O)[C@@H]1O. The van der Waals surface area contributed by atoms with Crippen molar-refractivity contribution in [2.24, 2.45) is 0 Å². The first-order chi connectivity index (χ1) is 21.9. The van der Waals surface area contributed by atoms with E-state index in [9.17, 15) is 33.9 Å². The van der Waals surface area contributed by atoms with Gasteiger partial charge < -0.3 is 60.9 Å². The minimum Gasteiger partial charge on any atom is -0.387 e. The minimum absolute atomic E-state index is 0.0663. The number of nitrogens with zero attached hydrogens (tertiary/aromatic N) is 8. The molecule has 8 atom stereocenters. The van der Waals surface area contributed by atoms with Crippen molar-refractivity contribution in [2.45, 2.75) is 49.1 Å². The first-order valence-electron chi connectivity index (χ1n) is 13.0. The average molecular weight is 712 g/mol. The summed E-state index contributed by atoms with van der Waals surface area (Å²) in [6.07, 6.45) is -7.95. The number of imidazole rings is 2. The van der Waals surface area contributed by atoms with E-state index < -0.39 is 84.0 Å². The maximum atomic E-state index is 13.3. The predicted octanol–water partition coefficient (Wildman–Crippen LogP) is -3.59. The Hall–Kier alpha value is -3.39. The molecule has 0 unspecified atom stereocenters. The van der Waals surface area contributed by atoms with Gasteiger partial charge in [0.15, 0.2) is 40.9 Å². The number of nitrogens with two attached hydrogens (primary N) is 2. The summed E-state index contributed by atoms with van der Waals surface area (Å²) in [4.78, 5) is 57.3. The molecule has 12 N–H and O–H groups in total. The van der Waals surface area contributed by atoms with E-state index >= 15 is 0 Å². The molecule has 4 aromatic heterocycles. The lowest BCUT2D eigenvalue weighted by Crippen LogP contribution is -2.33. The molecule has 0 aliphatic carbocycles. The summed E-state index contributed by atoms with van der Waals surface area (Å²) in [6.45, 7) is -1.26. The van der Waals surface area contributed by atoms with Crippen LogP contribution in [-0.4, -0.2) is 129 Å². The van der Waals surface area contributed by atoms with E-state index in [2.05, 4.69) is 39.0 Å². The zero-order chi connectivity index (χ0) is 34.4. The molecule has 6 rings (SSSR count). The van der Waals surface area contributed by atoms with Crippen LogP contribution in [0.3, 0.4) is 0 Å². The summed E-state index contributed by atoms with van der Waals surface area (Å²) in [7, 11) is -9.49. The molecule has 0 saturated carbocycles. The number of rotatable bonds is 8. The van der Waals surface area contributed by atoms with Gasteiger partial charge in [-0.25, -0.2) is 29.1 Å². The van der Waals surface area contributed by atoms with E-state index in [0.29, 0.717) is 5.52 Å². The number of phosphoric acid groups is 2. The van der Waals surface area contributed by atoms with Crippen molar-refractivity contribution in [1.82, 2.24) is 39.0 Å². The number of aliphatic hydroxyl groups excluding tert-OH is 4. The third kappa shape index (κ3) is 7.53. The maximum absolute atomic E-state index is 13.3. The van der Waals surface area contributed by atoms with Crippen LogP contribution < -0.4 is 11.5 Å². The van der Waals surface area contributed by atoms with Gasteiger partial charge in [0.1, 0.15) is 48.5 Å². The minimum atomic E-state index is -4.78. The number of phosphoric ester groups is 2. The van der Waals surface area contributed by atoms with Gasteiger partial charge in [-0.05, 0) is 0 Å². The molecule has 258 valence electrons. The molecule has 2 saturated heterocycles. The van der Waals surface area contributed by atoms with Crippen molar-refractivity contribution < 1.29 is 72.0 Å². The van der Waals surface area contributed by atoms with E-state index in [0.717, 1.165) is 10.9 Å². The first kappa shape index (κ1) is 34.9.